The van der Waals surface area contributed by atoms with E-state index in [2.05, 4.69) is 0 Å². The lowest BCUT2D eigenvalue weighted by molar-refractivity contribution is 0.475. The van der Waals surface area contributed by atoms with Gasteiger partial charge in [-0.05, 0) is 19.1 Å². The monoisotopic (exact) mass is 114 g/mol. The minimum absolute atomic E-state index is 0.329. The first-order valence-electron chi connectivity index (χ1n) is 2.54. The minimum Gasteiger partial charge on any atom is -0.508 e. The molecule has 0 atom stereocenters. The summed E-state index contributed by atoms with van der Waals surface area (Å²) in [5.41, 5.74) is 1.17. The minimum atomic E-state index is 0.329. The van der Waals surface area contributed by atoms with Gasteiger partial charge in [0.2, 0.25) is 0 Å². The van der Waals surface area contributed by atoms with Crippen molar-refractivity contribution in [2.75, 3.05) is 0 Å². The van der Waals surface area contributed by atoms with E-state index in [0.717, 1.165) is 0 Å². The molecule has 1 nitrogen and oxygen atoms in total. The van der Waals surface area contributed by atoms with Crippen LogP contribution in [0.25, 0.3) is 0 Å². The molecule has 0 saturated carbocycles. The first-order valence-corrected chi connectivity index (χ1v) is 2.54. The maximum absolute atomic E-state index is 8.76. The van der Waals surface area contributed by atoms with Gasteiger partial charge in [-0.3, -0.25) is 0 Å². The van der Waals surface area contributed by atoms with Gasteiger partial charge in [0.1, 0.15) is 5.75 Å². The van der Waals surface area contributed by atoms with Crippen LogP contribution >= 0.6 is 0 Å². The molecule has 0 aromatic heterocycles. The quantitative estimate of drug-likeness (QED) is 0.544. The maximum Gasteiger partial charge on any atom is 0.115 e. The molecule has 0 unspecified atom stereocenters. The molecule has 0 bridgehead atoms. The van der Waals surface area contributed by atoms with Crippen molar-refractivity contribution in [3.63, 3.8) is 0 Å². The van der Waals surface area contributed by atoms with E-state index in [0.29, 0.717) is 5.75 Å². The van der Waals surface area contributed by atoms with Gasteiger partial charge in [0.05, 0.1) is 0 Å². The molecule has 1 rings (SSSR count). The Labute approximate surface area is 48.6 Å². The summed E-state index contributed by atoms with van der Waals surface area (Å²) in [4.78, 5) is 0. The van der Waals surface area contributed by atoms with Gasteiger partial charge < -0.3 is 5.11 Å². The summed E-state index contributed by atoms with van der Waals surface area (Å²) in [6.45, 7) is 1.99. The van der Waals surface area contributed by atoms with Gasteiger partial charge in [-0.2, -0.15) is 0 Å². The van der Waals surface area contributed by atoms with Crippen LogP contribution in [-0.2, 0) is 0 Å². The van der Waals surface area contributed by atoms with E-state index in [4.69, 9.17) is 5.11 Å². The summed E-state index contributed by atoms with van der Waals surface area (Å²) in [6, 6.07) is 7.09. The molecule has 0 aliphatic heterocycles. The third-order valence-corrected chi connectivity index (χ3v) is 1.03. The van der Waals surface area contributed by atoms with E-state index < -0.39 is 0 Å². The first-order chi connectivity index (χ1) is 3.79. The predicted molar refractivity (Wildman–Crippen MR) is 32.8 cm³/mol. The van der Waals surface area contributed by atoms with E-state index in [-0.39, 0.29) is 0 Å². The third kappa shape index (κ3) is 0.997. The molecule has 42 valence electrons. The SMILES string of the molecule is C[13c]1[13cH][13cH][13c](O)[13cH][13cH]1. The highest BCUT2D eigenvalue weighted by Gasteiger charge is 1.82. The van der Waals surface area contributed by atoms with Crippen molar-refractivity contribution in [2.45, 2.75) is 6.92 Å². The Morgan fingerprint density at radius 3 is 2.00 bits per heavy atom. The van der Waals surface area contributed by atoms with Crippen LogP contribution in [0.3, 0.4) is 0 Å². The Morgan fingerprint density at radius 2 is 1.62 bits per heavy atom. The highest BCUT2D eigenvalue weighted by atomic mass is 16.3. The van der Waals surface area contributed by atoms with Crippen molar-refractivity contribution in [1.82, 2.24) is 0 Å². The molecule has 0 aliphatic carbocycles. The molecule has 1 N–H and O–H groups in total. The Hall–Kier alpha value is -0.980. The molecule has 1 aromatic rings. The van der Waals surface area contributed by atoms with Crippen molar-refractivity contribution in [3.8, 4) is 5.75 Å². The summed E-state index contributed by atoms with van der Waals surface area (Å²) in [7, 11) is 0. The summed E-state index contributed by atoms with van der Waals surface area (Å²) in [5.74, 6) is 0.329. The van der Waals surface area contributed by atoms with Gasteiger partial charge in [-0.25, -0.2) is 0 Å². The third-order valence-electron chi connectivity index (χ3n) is 1.03. The smallest absolute Gasteiger partial charge is 0.115 e. The average molecular weight is 114 g/mol. The normalized spacial score (nSPS) is 9.12. The molecule has 1 aromatic carbocycles. The zero-order valence-electron chi connectivity index (χ0n) is 4.76. The summed E-state index contributed by atoms with van der Waals surface area (Å²) in [6.07, 6.45) is 0. The summed E-state index contributed by atoms with van der Waals surface area (Å²) < 4.78 is 0. The molecule has 0 radical (unpaired) electrons. The number of phenolic OH excluding ortho intramolecular Hbond substituents is 1. The van der Waals surface area contributed by atoms with Crippen molar-refractivity contribution in [3.05, 3.63) is 29.8 Å². The van der Waals surface area contributed by atoms with Crippen LogP contribution in [0.4, 0.5) is 0 Å². The van der Waals surface area contributed by atoms with Crippen LogP contribution in [0.5, 0.6) is 5.75 Å². The number of hydrogen-bond donors (Lipinski definition) is 1. The zero-order chi connectivity index (χ0) is 5.98. The molecule has 8 heavy (non-hydrogen) atoms. The first kappa shape index (κ1) is 5.16. The fourth-order valence-electron chi connectivity index (χ4n) is 0.545. The van der Waals surface area contributed by atoms with Crippen molar-refractivity contribution in [2.24, 2.45) is 0 Å². The van der Waals surface area contributed by atoms with Gasteiger partial charge in [0, 0.05) is 0 Å². The number of phenols is 1. The Balaban J connectivity index is 3.03. The standard InChI is InChI=1S/C7H8O/c1-6-2-4-7(8)5-3-6/h2-5,8H,1H3/i2+1,3+1,4+1,5+1,6+1,7+1. The largest absolute Gasteiger partial charge is 0.508 e. The number of benzene rings is 1. The lowest BCUT2D eigenvalue weighted by Gasteiger charge is -1.89. The van der Waals surface area contributed by atoms with Crippen molar-refractivity contribution in [1.29, 1.82) is 0 Å². The molecule has 0 heterocycles. The molecule has 0 amide bonds. The molecular weight excluding hydrogens is 106 g/mol. The topological polar surface area (TPSA) is 20.2 Å². The molecular formula is C7H8O. The lowest BCUT2D eigenvalue weighted by atomic mass is 11.0. The second kappa shape index (κ2) is 1.86. The van der Waals surface area contributed by atoms with Crippen LogP contribution in [0.1, 0.15) is 5.56 Å². The van der Waals surface area contributed by atoms with E-state index in [1.807, 2.05) is 19.1 Å². The molecule has 1 heteroatoms. The van der Waals surface area contributed by atoms with E-state index in [9.17, 15) is 0 Å². The van der Waals surface area contributed by atoms with E-state index in [1.54, 1.807) is 12.1 Å². The van der Waals surface area contributed by atoms with Crippen LogP contribution in [0, 0.1) is 6.92 Å². The Bertz CT molecular complexity index is 143. The maximum atomic E-state index is 8.76. The van der Waals surface area contributed by atoms with Gasteiger partial charge in [-0.1, -0.05) is 17.7 Å². The van der Waals surface area contributed by atoms with Crippen LogP contribution < -0.4 is 0 Å². The number of hydrogen-bond acceptors (Lipinski definition) is 1. The number of rotatable bonds is 0. The van der Waals surface area contributed by atoms with Crippen LogP contribution in [0.2, 0.25) is 0 Å². The second-order valence-corrected chi connectivity index (χ2v) is 1.84. The van der Waals surface area contributed by atoms with Crippen LogP contribution in [-0.4, -0.2) is 5.11 Å². The molecule has 0 fully saturated rings. The molecule has 0 spiro atoms. The fourth-order valence-corrected chi connectivity index (χ4v) is 0.545. The molecule has 0 aliphatic rings. The van der Waals surface area contributed by atoms with E-state index in [1.165, 1.54) is 5.56 Å². The van der Waals surface area contributed by atoms with Crippen molar-refractivity contribution >= 4 is 0 Å². The summed E-state index contributed by atoms with van der Waals surface area (Å²) in [5, 5.41) is 8.76. The number of aromatic hydroxyl groups is 1. The van der Waals surface area contributed by atoms with E-state index >= 15 is 0 Å². The summed E-state index contributed by atoms with van der Waals surface area (Å²) >= 11 is 0. The van der Waals surface area contributed by atoms with Gasteiger partial charge in [0.25, 0.3) is 0 Å². The highest BCUT2D eigenvalue weighted by Crippen LogP contribution is 2.07. The fraction of sp³-hybridized carbons (Fsp3) is 0.143. The number of aryl methyl sites for hydroxylation is 1. The van der Waals surface area contributed by atoms with Gasteiger partial charge >= 0.3 is 0 Å². The van der Waals surface area contributed by atoms with Crippen LogP contribution in [0.15, 0.2) is 24.3 Å². The second-order valence-electron chi connectivity index (χ2n) is 1.84. The highest BCUT2D eigenvalue weighted by molar-refractivity contribution is 5.24. The Morgan fingerprint density at radius 1 is 1.12 bits per heavy atom. The van der Waals surface area contributed by atoms with Gasteiger partial charge in [0.15, 0.2) is 0 Å². The predicted octanol–water partition coefficient (Wildman–Crippen LogP) is 1.70. The molecule has 0 saturated heterocycles. The zero-order valence-corrected chi connectivity index (χ0v) is 4.76. The lowest BCUT2D eigenvalue weighted by Crippen LogP contribution is -1.66. The van der Waals surface area contributed by atoms with Crippen molar-refractivity contribution < 1.29 is 5.11 Å². The Kier molecular flexibility index (Phi) is 1.20. The average Bonchev–Trinajstić information content (AvgIpc) is 1.77. The van der Waals surface area contributed by atoms with Gasteiger partial charge in [-0.15, -0.1) is 0 Å².